The number of pyridine rings is 3. The highest BCUT2D eigenvalue weighted by atomic mass is 35.5. The number of aromatic nitrogens is 5. The number of guanidine groups is 4. The van der Waals surface area contributed by atoms with Crippen LogP contribution in [0.3, 0.4) is 0 Å². The van der Waals surface area contributed by atoms with Crippen molar-refractivity contribution in [3.8, 4) is 6.07 Å². The molecule has 1 amide bonds. The van der Waals surface area contributed by atoms with Gasteiger partial charge in [0, 0.05) is 139 Å². The second-order valence-corrected chi connectivity index (χ2v) is 26.0. The topological polar surface area (TPSA) is 541 Å². The first-order valence-corrected chi connectivity index (χ1v) is 34.9. The summed E-state index contributed by atoms with van der Waals surface area (Å²) in [7, 11) is 6.45. The van der Waals surface area contributed by atoms with E-state index in [0.717, 1.165) is 77.4 Å². The van der Waals surface area contributed by atoms with Gasteiger partial charge in [-0.05, 0) is 49.1 Å². The number of thiazole rings is 2. The fourth-order valence-corrected chi connectivity index (χ4v) is 11.4. The lowest BCUT2D eigenvalue weighted by Gasteiger charge is -2.34. The van der Waals surface area contributed by atoms with Crippen molar-refractivity contribution in [2.45, 2.75) is 52.1 Å². The average Bonchev–Trinajstić information content (AvgIpc) is 0.969. The Morgan fingerprint density at radius 3 is 1.89 bits per heavy atom. The first-order chi connectivity index (χ1) is 51.4. The Morgan fingerprint density at radius 1 is 0.759 bits per heavy atom. The zero-order chi connectivity index (χ0) is 80.1. The summed E-state index contributed by atoms with van der Waals surface area (Å²) >= 11 is 26.8. The van der Waals surface area contributed by atoms with Crippen LogP contribution < -0.4 is 42.5 Å². The number of nitrogens with zero attached hydrogens (tertiary/aromatic N) is 20. The van der Waals surface area contributed by atoms with E-state index in [9.17, 15) is 78.7 Å². The van der Waals surface area contributed by atoms with Crippen LogP contribution in [0, 0.1) is 77.9 Å². The van der Waals surface area contributed by atoms with Gasteiger partial charge < -0.3 is 71.6 Å². The van der Waals surface area contributed by atoms with Gasteiger partial charge >= 0.3 is 6.18 Å². The minimum Gasteiger partial charge on any atom is -0.381 e. The summed E-state index contributed by atoms with van der Waals surface area (Å²) in [5.74, 6) is 1.69. The van der Waals surface area contributed by atoms with Gasteiger partial charge in [0.15, 0.2) is 34.9 Å². The smallest absolute Gasteiger partial charge is 0.381 e. The molecular weight excluding hydrogens is 1590 g/mol. The number of nitro groups is 6. The zero-order valence-corrected chi connectivity index (χ0v) is 63.0. The summed E-state index contributed by atoms with van der Waals surface area (Å²) in [5, 5.41) is 102. The van der Waals surface area contributed by atoms with Gasteiger partial charge in [0.25, 0.3) is 42.1 Å². The van der Waals surface area contributed by atoms with Crippen LogP contribution in [0.1, 0.15) is 56.6 Å². The summed E-state index contributed by atoms with van der Waals surface area (Å²) in [6.45, 7) is 8.88. The summed E-state index contributed by atoms with van der Waals surface area (Å²) in [4.78, 5) is 99.5. The summed E-state index contributed by atoms with van der Waals surface area (Å²) in [6, 6.07) is 9.36. The highest BCUT2D eigenvalue weighted by Crippen LogP contribution is 2.31. The molecule has 8 N–H and O–H groups in total. The molecule has 0 bridgehead atoms. The normalized spacial score (nSPS) is 15.7. The van der Waals surface area contributed by atoms with E-state index in [1.807, 2.05) is 29.3 Å². The predicted molar refractivity (Wildman–Crippen MR) is 392 cm³/mol. The lowest BCUT2D eigenvalue weighted by atomic mass is 10.1. The van der Waals surface area contributed by atoms with Crippen LogP contribution in [-0.2, 0) is 41.8 Å². The predicted octanol–water partition coefficient (Wildman–Crippen LogP) is 5.74. The maximum atomic E-state index is 12.5. The molecule has 0 radical (unpaired) electrons. The Labute approximate surface area is 644 Å². The molecule has 1 unspecified atom stereocenters. The average molecular weight is 1660 g/mol. The zero-order valence-electron chi connectivity index (χ0n) is 57.5. The molecule has 0 aromatic carbocycles. The number of ether oxygens (including phenoxy) is 2. The van der Waals surface area contributed by atoms with Crippen LogP contribution in [0.4, 0.5) is 13.2 Å². The number of rotatable bonds is 21. The molecule has 0 saturated carbocycles. The minimum absolute atomic E-state index is 0.0875. The maximum Gasteiger partial charge on any atom is 0.417 e. The molecule has 0 aliphatic carbocycles. The van der Waals surface area contributed by atoms with Gasteiger partial charge in [-0.1, -0.05) is 58.5 Å². The van der Waals surface area contributed by atoms with E-state index in [0.29, 0.717) is 101 Å². The standard InChI is InChI=1S/C11H15ClN4O2.C9H10ClN5O2.C9H6F3N3O.C8H10ClN5O3S.C7H14N4O3.C6H8ClN5O2S.C5H8N2O2S/c1-3-15(11(13-2)8-16(17)18)7-9-4-5-10(12)14-6-9;10-8-2-1-7(5-12-8)6-14-4-3-11-9(14)13-15(16)17;10-9(11,12)7-1-3-14-5-6(7)8(16)15-4-2-13;1-12-4-17-5-13(8(12)11-14(15)16)3-6-2-10-7(9)18-6;1-8-7(10-11(12)13)9-4-6-2-3-14-5-6;1-8-6(11-12(13)14)10-3-4-2-9-5(7)15-4;8-7(9)4-5-6-2-1-3-10-5/h4-6,8,13H,3,7H2,1-2H3;1-2,5H,3-4,6H2,(H,11,13);1,3,5H,4H2,(H,15,16);2H,3-5H2,1H3;6H,2-5H2,1H3,(H2,8,9,10);2H,3H2,1H3,(H2,8,10,11);4,6H,1-3H2/b11-8+;;;11-8+;;;5-4-. The second kappa shape index (κ2) is 49.9. The molecule has 108 heavy (non-hydrogen) atoms. The summed E-state index contributed by atoms with van der Waals surface area (Å²) in [6.07, 6.45) is 7.71. The number of alkyl halides is 3. The van der Waals surface area contributed by atoms with Gasteiger partial charge in [0.1, 0.15) is 55.7 Å². The molecule has 43 nitrogen and oxygen atoms in total. The third-order valence-corrected chi connectivity index (χ3v) is 16.8. The molecule has 0 spiro atoms. The Hall–Kier alpha value is -10.8. The van der Waals surface area contributed by atoms with Gasteiger partial charge in [0.2, 0.25) is 0 Å². The highest BCUT2D eigenvalue weighted by molar-refractivity contribution is 8.03. The van der Waals surface area contributed by atoms with E-state index in [1.165, 1.54) is 41.5 Å². The molecule has 53 heteroatoms. The third kappa shape index (κ3) is 38.0. The van der Waals surface area contributed by atoms with E-state index < -0.39 is 53.2 Å². The Kier molecular flexibility index (Phi) is 42.3. The van der Waals surface area contributed by atoms with Gasteiger partial charge in [-0.25, -0.2) is 60.4 Å². The van der Waals surface area contributed by atoms with E-state index >= 15 is 0 Å². The number of hydrogen-bond acceptors (Lipinski definition) is 27. The monoisotopic (exact) mass is 1660 g/mol. The molecule has 5 aromatic rings. The van der Waals surface area contributed by atoms with Crippen molar-refractivity contribution < 1.29 is 57.4 Å². The van der Waals surface area contributed by atoms with E-state index in [1.54, 1.807) is 78.8 Å². The van der Waals surface area contributed by atoms with Gasteiger partial charge in [-0.2, -0.15) is 18.4 Å². The fraction of sp³-hybridized carbons (Fsp3) is 0.436. The SMILES string of the molecule is CCN(Cc1ccc(Cl)nc1)/C(=C/[N+](=O)[O-])NC.CN/C(=N/[N+](=O)[O-])NCC1CCOC1.CN/C(=N\[N+](=O)[O-])NCc1cnc(Cl)s1.CN1COCN(Cc2cnc(Cl)s2)/C1=N/[N+](=O)[O-].N#CCNC(=O)c1cnccc1C(F)(F)F.O=[N+]([O-])/C=C1/NCCCS1.O=[N+]([O-])/N=C1\NCCN1Cc1ccc(Cl)nc1. The minimum atomic E-state index is -4.62. The number of amides is 1. The number of nitrogens with one attached hydrogen (secondary N) is 8. The quantitative estimate of drug-likeness (QED) is 0.0108. The lowest BCUT2D eigenvalue weighted by molar-refractivity contribution is -0.486. The van der Waals surface area contributed by atoms with Crippen LogP contribution in [0.15, 0.2) is 111 Å². The number of hydrazone groups is 4. The van der Waals surface area contributed by atoms with Crippen molar-refractivity contribution in [2.75, 3.05) is 99.9 Å². The molecule has 5 aromatic heterocycles. The van der Waals surface area contributed by atoms with Crippen LogP contribution in [0.5, 0.6) is 0 Å². The van der Waals surface area contributed by atoms with Crippen LogP contribution >= 0.6 is 80.8 Å². The molecule has 588 valence electrons. The molecule has 4 aliphatic heterocycles. The van der Waals surface area contributed by atoms with Gasteiger partial charge in [-0.3, -0.25) is 30.0 Å². The summed E-state index contributed by atoms with van der Waals surface area (Å²) in [5.41, 5.74) is 0.197. The van der Waals surface area contributed by atoms with Gasteiger partial charge in [-0.15, -0.1) is 34.4 Å². The van der Waals surface area contributed by atoms with Crippen LogP contribution in [0.25, 0.3) is 0 Å². The van der Waals surface area contributed by atoms with Crippen molar-refractivity contribution in [1.82, 2.24) is 87.1 Å². The molecular formula is C55H71Cl4F3N28O15S3. The molecule has 9 heterocycles. The number of carbonyl (C=O) groups excluding carboxylic acids is 1. The first kappa shape index (κ1) is 91.5. The van der Waals surface area contributed by atoms with Gasteiger partial charge in [0.05, 0.1) is 46.7 Å². The van der Waals surface area contributed by atoms with Crippen molar-refractivity contribution in [2.24, 2.45) is 26.3 Å². The van der Waals surface area contributed by atoms with Crippen molar-refractivity contribution in [3.63, 3.8) is 0 Å². The largest absolute Gasteiger partial charge is 0.417 e. The molecule has 4 aliphatic rings. The summed E-state index contributed by atoms with van der Waals surface area (Å²) < 4.78 is 48.7. The van der Waals surface area contributed by atoms with E-state index in [-0.39, 0.29) is 43.8 Å². The Bertz CT molecular complexity index is 3950. The van der Waals surface area contributed by atoms with E-state index in [4.69, 9.17) is 61.1 Å². The Balaban J connectivity index is 0.000000329. The van der Waals surface area contributed by atoms with E-state index in [2.05, 4.69) is 82.5 Å². The van der Waals surface area contributed by atoms with Crippen LogP contribution in [0.2, 0.25) is 19.2 Å². The maximum absolute atomic E-state index is 12.5. The fourth-order valence-electron chi connectivity index (χ4n) is 8.35. The number of carbonyl (C=O) groups is 1. The molecule has 4 saturated heterocycles. The molecule has 4 fully saturated rings. The van der Waals surface area contributed by atoms with Crippen molar-refractivity contribution in [3.05, 3.63) is 203 Å². The van der Waals surface area contributed by atoms with Crippen molar-refractivity contribution in [1.29, 1.82) is 5.26 Å². The highest BCUT2D eigenvalue weighted by Gasteiger charge is 2.35. The Morgan fingerprint density at radius 2 is 1.39 bits per heavy atom. The third-order valence-electron chi connectivity index (χ3n) is 13.0. The number of nitriles is 1. The number of halogens is 7. The van der Waals surface area contributed by atoms with Crippen LogP contribution in [-0.4, -0.2) is 204 Å². The number of thioether (sulfide) groups is 1. The number of hydrogen-bond donors (Lipinski definition) is 8. The molecule has 9 rings (SSSR count). The molecule has 1 atom stereocenters. The van der Waals surface area contributed by atoms with Crippen molar-refractivity contribution >= 4 is 111 Å². The first-order valence-electron chi connectivity index (χ1n) is 30.8. The lowest BCUT2D eigenvalue weighted by Crippen LogP contribution is -2.49. The second-order valence-electron chi connectivity index (χ2n) is 20.7.